The van der Waals surface area contributed by atoms with Gasteiger partial charge < -0.3 is 9.13 Å². The molecule has 0 bridgehead atoms. The Labute approximate surface area is 176 Å². The Morgan fingerprint density at radius 3 is 2.66 bits per heavy atom. The topological polar surface area (TPSA) is 25.1 Å². The van der Waals surface area contributed by atoms with E-state index in [1.807, 2.05) is 0 Å². The third-order valence-electron chi connectivity index (χ3n) is 6.19. The number of rotatable bonds is 6. The number of nitrogens with zero attached hydrogens (tertiary/aromatic N) is 3. The van der Waals surface area contributed by atoms with Gasteiger partial charge in [0.1, 0.15) is 0 Å². The van der Waals surface area contributed by atoms with Crippen LogP contribution in [0.4, 0.5) is 0 Å². The maximum atomic E-state index is 3.68. The standard InChI is InChI=1S/C24H28N4S/c1-26-14-11-18-9-10-19(15-23(18)26)29-25-16-24(28-12-5-6-13-28)21-17-27(2)22-8-4-3-7-20(21)22/h3-4,7-11,14-15,17,24-25H,5-6,12-13,16H2,1-2H3. The third kappa shape index (κ3) is 3.59. The Balaban J connectivity index is 1.38. The van der Waals surface area contributed by atoms with Crippen LogP contribution >= 0.6 is 11.9 Å². The molecule has 4 aromatic rings. The molecule has 0 saturated carbocycles. The summed E-state index contributed by atoms with van der Waals surface area (Å²) in [7, 11) is 4.26. The maximum absolute atomic E-state index is 3.68. The lowest BCUT2D eigenvalue weighted by atomic mass is 10.0. The van der Waals surface area contributed by atoms with Gasteiger partial charge in [0.05, 0.1) is 6.04 Å². The third-order valence-corrected chi connectivity index (χ3v) is 7.00. The van der Waals surface area contributed by atoms with Gasteiger partial charge >= 0.3 is 0 Å². The van der Waals surface area contributed by atoms with Crippen LogP contribution in [0, 0.1) is 0 Å². The van der Waals surface area contributed by atoms with Gasteiger partial charge in [0.2, 0.25) is 0 Å². The molecular formula is C24H28N4S. The summed E-state index contributed by atoms with van der Waals surface area (Å²) in [4.78, 5) is 3.91. The van der Waals surface area contributed by atoms with E-state index in [0.29, 0.717) is 6.04 Å². The van der Waals surface area contributed by atoms with E-state index in [4.69, 9.17) is 0 Å². The second-order valence-electron chi connectivity index (χ2n) is 8.07. The lowest BCUT2D eigenvalue weighted by Gasteiger charge is -2.27. The van der Waals surface area contributed by atoms with Crippen LogP contribution in [0.5, 0.6) is 0 Å². The molecule has 150 valence electrons. The Hall–Kier alpha value is -2.21. The minimum absolute atomic E-state index is 0.398. The minimum Gasteiger partial charge on any atom is -0.351 e. The normalized spacial score (nSPS) is 16.2. The molecule has 1 fully saturated rings. The lowest BCUT2D eigenvalue weighted by molar-refractivity contribution is 0.249. The van der Waals surface area contributed by atoms with Crippen LogP contribution < -0.4 is 4.72 Å². The highest BCUT2D eigenvalue weighted by Gasteiger charge is 2.26. The van der Waals surface area contributed by atoms with E-state index in [1.165, 1.54) is 58.2 Å². The molecule has 1 aliphatic rings. The average molecular weight is 405 g/mol. The van der Waals surface area contributed by atoms with Gasteiger partial charge in [-0.25, -0.2) is 0 Å². The summed E-state index contributed by atoms with van der Waals surface area (Å²) >= 11 is 1.74. The van der Waals surface area contributed by atoms with Crippen LogP contribution in [0.3, 0.4) is 0 Å². The summed E-state index contributed by atoms with van der Waals surface area (Å²) in [6, 6.07) is 18.0. The molecule has 0 spiro atoms. The van der Waals surface area contributed by atoms with Crippen molar-refractivity contribution >= 4 is 33.8 Å². The molecule has 4 nitrogen and oxygen atoms in total. The largest absolute Gasteiger partial charge is 0.351 e. The van der Waals surface area contributed by atoms with Crippen molar-refractivity contribution in [3.8, 4) is 0 Å². The molecule has 1 aliphatic heterocycles. The van der Waals surface area contributed by atoms with Gasteiger partial charge in [-0.2, -0.15) is 0 Å². The van der Waals surface area contributed by atoms with Crippen molar-refractivity contribution < 1.29 is 0 Å². The van der Waals surface area contributed by atoms with Gasteiger partial charge in [0, 0.05) is 54.3 Å². The zero-order valence-electron chi connectivity index (χ0n) is 17.1. The highest BCUT2D eigenvalue weighted by molar-refractivity contribution is 7.97. The lowest BCUT2D eigenvalue weighted by Crippen LogP contribution is -2.32. The van der Waals surface area contributed by atoms with Crippen LogP contribution in [0.25, 0.3) is 21.8 Å². The molecule has 1 atom stereocenters. The van der Waals surface area contributed by atoms with E-state index in [-0.39, 0.29) is 0 Å². The van der Waals surface area contributed by atoms with E-state index in [1.54, 1.807) is 11.9 Å². The van der Waals surface area contributed by atoms with E-state index >= 15 is 0 Å². The quantitative estimate of drug-likeness (QED) is 0.453. The van der Waals surface area contributed by atoms with Gasteiger partial charge in [0.15, 0.2) is 0 Å². The number of nitrogens with one attached hydrogen (secondary N) is 1. The molecule has 1 N–H and O–H groups in total. The number of fused-ring (bicyclic) bond motifs is 2. The van der Waals surface area contributed by atoms with E-state index in [2.05, 4.69) is 93.8 Å². The Morgan fingerprint density at radius 2 is 1.79 bits per heavy atom. The first kappa shape index (κ1) is 18.8. The summed E-state index contributed by atoms with van der Waals surface area (Å²) in [5, 5.41) is 2.67. The smallest absolute Gasteiger partial charge is 0.0503 e. The first-order valence-corrected chi connectivity index (χ1v) is 11.2. The van der Waals surface area contributed by atoms with Gasteiger partial charge in [-0.05, 0) is 73.1 Å². The predicted molar refractivity (Wildman–Crippen MR) is 123 cm³/mol. The first-order chi connectivity index (χ1) is 14.2. The molecule has 2 aromatic carbocycles. The Kier molecular flexibility index (Phi) is 5.12. The van der Waals surface area contributed by atoms with Crippen molar-refractivity contribution in [1.82, 2.24) is 18.8 Å². The summed E-state index contributed by atoms with van der Waals surface area (Å²) in [5.74, 6) is 0. The number of likely N-dealkylation sites (tertiary alicyclic amines) is 1. The van der Waals surface area contributed by atoms with E-state index in [0.717, 1.165) is 6.54 Å². The molecule has 1 saturated heterocycles. The summed E-state index contributed by atoms with van der Waals surface area (Å²) < 4.78 is 8.14. The number of hydrogen-bond acceptors (Lipinski definition) is 3. The van der Waals surface area contributed by atoms with Crippen LogP contribution in [-0.4, -0.2) is 33.7 Å². The maximum Gasteiger partial charge on any atom is 0.0503 e. The van der Waals surface area contributed by atoms with Crippen LogP contribution in [-0.2, 0) is 14.1 Å². The molecule has 1 unspecified atom stereocenters. The molecule has 29 heavy (non-hydrogen) atoms. The SMILES string of the molecule is Cn1ccc2ccc(SNCC(c3cn(C)c4ccccc34)N3CCCC3)cc21. The molecule has 3 heterocycles. The second kappa shape index (κ2) is 7.90. The number of aromatic nitrogens is 2. The van der Waals surface area contributed by atoms with E-state index < -0.39 is 0 Å². The van der Waals surface area contributed by atoms with E-state index in [9.17, 15) is 0 Å². The Bertz CT molecular complexity index is 1140. The molecule has 5 heteroatoms. The first-order valence-electron chi connectivity index (χ1n) is 10.4. The number of para-hydroxylation sites is 1. The van der Waals surface area contributed by atoms with Gasteiger partial charge in [0.25, 0.3) is 0 Å². The fraction of sp³-hybridized carbons (Fsp3) is 0.333. The Morgan fingerprint density at radius 1 is 0.966 bits per heavy atom. The molecule has 0 aliphatic carbocycles. The zero-order chi connectivity index (χ0) is 19.8. The second-order valence-corrected chi connectivity index (χ2v) is 9.03. The van der Waals surface area contributed by atoms with Crippen LogP contribution in [0.15, 0.2) is 65.8 Å². The van der Waals surface area contributed by atoms with Crippen molar-refractivity contribution in [2.45, 2.75) is 23.8 Å². The van der Waals surface area contributed by atoms with Crippen LogP contribution in [0.1, 0.15) is 24.4 Å². The summed E-state index contributed by atoms with van der Waals surface area (Å²) in [6.07, 6.45) is 7.06. The average Bonchev–Trinajstić information content (AvgIpc) is 3.47. The van der Waals surface area contributed by atoms with Crippen molar-refractivity contribution in [2.75, 3.05) is 19.6 Å². The molecule has 5 rings (SSSR count). The minimum atomic E-state index is 0.398. The van der Waals surface area contributed by atoms with Crippen molar-refractivity contribution in [3.05, 3.63) is 66.5 Å². The van der Waals surface area contributed by atoms with Gasteiger partial charge in [-0.3, -0.25) is 9.62 Å². The van der Waals surface area contributed by atoms with Crippen molar-refractivity contribution in [2.24, 2.45) is 14.1 Å². The number of aryl methyl sites for hydroxylation is 2. The number of hydrogen-bond donors (Lipinski definition) is 1. The fourth-order valence-electron chi connectivity index (χ4n) is 4.64. The highest BCUT2D eigenvalue weighted by atomic mass is 32.2. The summed E-state index contributed by atoms with van der Waals surface area (Å²) in [6.45, 7) is 3.31. The van der Waals surface area contributed by atoms with Crippen molar-refractivity contribution in [1.29, 1.82) is 0 Å². The zero-order valence-corrected chi connectivity index (χ0v) is 18.0. The van der Waals surface area contributed by atoms with Crippen molar-refractivity contribution in [3.63, 3.8) is 0 Å². The summed E-state index contributed by atoms with van der Waals surface area (Å²) in [5.41, 5.74) is 4.03. The molecular weight excluding hydrogens is 376 g/mol. The number of benzene rings is 2. The van der Waals surface area contributed by atoms with Gasteiger partial charge in [-0.15, -0.1) is 0 Å². The predicted octanol–water partition coefficient (Wildman–Crippen LogP) is 5.10. The van der Waals surface area contributed by atoms with Crippen LogP contribution in [0.2, 0.25) is 0 Å². The molecule has 2 aromatic heterocycles. The van der Waals surface area contributed by atoms with Gasteiger partial charge in [-0.1, -0.05) is 24.3 Å². The fourth-order valence-corrected chi connectivity index (χ4v) is 5.35. The highest BCUT2D eigenvalue weighted by Crippen LogP contribution is 2.32. The monoisotopic (exact) mass is 404 g/mol. The molecule has 0 radical (unpaired) electrons. The molecule has 0 amide bonds.